The molecule has 1 aromatic carbocycles. The summed E-state index contributed by atoms with van der Waals surface area (Å²) in [6.45, 7) is 2.64. The summed E-state index contributed by atoms with van der Waals surface area (Å²) < 4.78 is 76.7. The molecular weight excluding hydrogens is 322 g/mol. The minimum Gasteiger partial charge on any atom is -0.312 e. The van der Waals surface area contributed by atoms with Crippen LogP contribution in [0.15, 0.2) is 18.2 Å². The van der Waals surface area contributed by atoms with Crippen LogP contribution in [0.3, 0.4) is 0 Å². The highest BCUT2D eigenvalue weighted by molar-refractivity contribution is 5.33. The van der Waals surface area contributed by atoms with E-state index in [-0.39, 0.29) is 24.2 Å². The molecule has 0 spiro atoms. The summed E-state index contributed by atoms with van der Waals surface area (Å²) in [7, 11) is 0. The van der Waals surface area contributed by atoms with Gasteiger partial charge in [-0.2, -0.15) is 26.3 Å². The minimum absolute atomic E-state index is 0.0212. The fourth-order valence-electron chi connectivity index (χ4n) is 2.67. The van der Waals surface area contributed by atoms with Crippen molar-refractivity contribution in [1.29, 1.82) is 0 Å². The van der Waals surface area contributed by atoms with Crippen molar-refractivity contribution in [1.82, 2.24) is 10.6 Å². The Balaban J connectivity index is 2.14. The lowest BCUT2D eigenvalue weighted by Gasteiger charge is -2.16. The van der Waals surface area contributed by atoms with Crippen LogP contribution in [-0.2, 0) is 18.9 Å². The van der Waals surface area contributed by atoms with Crippen molar-refractivity contribution in [2.24, 2.45) is 0 Å². The van der Waals surface area contributed by atoms with E-state index in [1.54, 1.807) is 0 Å². The number of benzene rings is 1. The maximum Gasteiger partial charge on any atom is 0.416 e. The van der Waals surface area contributed by atoms with Crippen LogP contribution in [0.2, 0.25) is 0 Å². The predicted molar refractivity (Wildman–Crippen MR) is 73.8 cm³/mol. The van der Waals surface area contributed by atoms with Gasteiger partial charge in [0.25, 0.3) is 0 Å². The van der Waals surface area contributed by atoms with Crippen molar-refractivity contribution < 1.29 is 26.3 Å². The summed E-state index contributed by atoms with van der Waals surface area (Å²) >= 11 is 0. The van der Waals surface area contributed by atoms with Crippen LogP contribution in [0.5, 0.6) is 0 Å². The Bertz CT molecular complexity index is 505. The van der Waals surface area contributed by atoms with E-state index < -0.39 is 23.5 Å². The second-order valence-electron chi connectivity index (χ2n) is 5.74. The topological polar surface area (TPSA) is 24.1 Å². The van der Waals surface area contributed by atoms with Gasteiger partial charge in [0, 0.05) is 25.2 Å². The molecule has 1 aliphatic rings. The smallest absolute Gasteiger partial charge is 0.312 e. The SMILES string of the molecule is CC[C@@H]1CC(NCc2cc(C(F)(F)F)cc(C(F)(F)F)c2)CN1. The standard InChI is InChI=1S/C15H18F6N2/c1-2-12-6-13(8-23-12)22-7-9-3-10(14(16,17)18)5-11(4-9)15(19,20)21/h3-5,12-13,22-23H,2,6-8H2,1H3/t12-,13?/m1/s1. The summed E-state index contributed by atoms with van der Waals surface area (Å²) in [5, 5.41) is 6.26. The molecule has 8 heteroatoms. The van der Waals surface area contributed by atoms with Crippen molar-refractivity contribution in [2.75, 3.05) is 6.54 Å². The average Bonchev–Trinajstić information content (AvgIpc) is 2.91. The highest BCUT2D eigenvalue weighted by Crippen LogP contribution is 2.36. The van der Waals surface area contributed by atoms with E-state index in [0.29, 0.717) is 12.6 Å². The van der Waals surface area contributed by atoms with E-state index in [4.69, 9.17) is 0 Å². The van der Waals surface area contributed by atoms with Gasteiger partial charge in [-0.15, -0.1) is 0 Å². The van der Waals surface area contributed by atoms with E-state index in [9.17, 15) is 26.3 Å². The molecule has 2 rings (SSSR count). The van der Waals surface area contributed by atoms with Gasteiger partial charge in [-0.3, -0.25) is 0 Å². The van der Waals surface area contributed by atoms with Crippen LogP contribution in [-0.4, -0.2) is 18.6 Å². The molecule has 1 heterocycles. The molecular formula is C15H18F6N2. The van der Waals surface area contributed by atoms with Crippen LogP contribution in [0.1, 0.15) is 36.5 Å². The van der Waals surface area contributed by atoms with Crippen molar-refractivity contribution in [3.05, 3.63) is 34.9 Å². The lowest BCUT2D eigenvalue weighted by Crippen LogP contribution is -2.30. The van der Waals surface area contributed by atoms with Crippen molar-refractivity contribution >= 4 is 0 Å². The van der Waals surface area contributed by atoms with Crippen molar-refractivity contribution in [2.45, 2.75) is 50.7 Å². The molecule has 2 nitrogen and oxygen atoms in total. The number of hydrogen-bond acceptors (Lipinski definition) is 2. The van der Waals surface area contributed by atoms with Crippen LogP contribution >= 0.6 is 0 Å². The molecule has 1 unspecified atom stereocenters. The Labute approximate surface area is 130 Å². The molecule has 0 amide bonds. The molecule has 1 saturated heterocycles. The molecule has 0 aliphatic carbocycles. The zero-order valence-electron chi connectivity index (χ0n) is 12.5. The molecule has 2 atom stereocenters. The first-order valence-corrected chi connectivity index (χ1v) is 7.34. The van der Waals surface area contributed by atoms with Gasteiger partial charge in [-0.1, -0.05) is 6.92 Å². The van der Waals surface area contributed by atoms with Crippen LogP contribution in [0, 0.1) is 0 Å². The third kappa shape index (κ3) is 4.84. The van der Waals surface area contributed by atoms with Gasteiger partial charge >= 0.3 is 12.4 Å². The number of alkyl halides is 6. The molecule has 130 valence electrons. The van der Waals surface area contributed by atoms with Gasteiger partial charge in [0.15, 0.2) is 0 Å². The average molecular weight is 340 g/mol. The highest BCUT2D eigenvalue weighted by Gasteiger charge is 2.36. The quantitative estimate of drug-likeness (QED) is 0.811. The van der Waals surface area contributed by atoms with E-state index in [2.05, 4.69) is 10.6 Å². The second kappa shape index (κ2) is 6.68. The first-order chi connectivity index (χ1) is 10.6. The first kappa shape index (κ1) is 18.1. The van der Waals surface area contributed by atoms with E-state index in [1.165, 1.54) is 0 Å². The van der Waals surface area contributed by atoms with Crippen LogP contribution < -0.4 is 10.6 Å². The summed E-state index contributed by atoms with van der Waals surface area (Å²) in [5.74, 6) is 0. The van der Waals surface area contributed by atoms with Crippen molar-refractivity contribution in [3.63, 3.8) is 0 Å². The fourth-order valence-corrected chi connectivity index (χ4v) is 2.67. The monoisotopic (exact) mass is 340 g/mol. The number of rotatable bonds is 4. The molecule has 0 saturated carbocycles. The molecule has 0 bridgehead atoms. The zero-order chi connectivity index (χ0) is 17.3. The molecule has 1 aromatic rings. The number of nitrogens with one attached hydrogen (secondary N) is 2. The molecule has 2 N–H and O–H groups in total. The zero-order valence-corrected chi connectivity index (χ0v) is 12.5. The van der Waals surface area contributed by atoms with E-state index >= 15 is 0 Å². The Morgan fingerprint density at radius 3 is 2.04 bits per heavy atom. The fraction of sp³-hybridized carbons (Fsp3) is 0.600. The van der Waals surface area contributed by atoms with Gasteiger partial charge in [-0.25, -0.2) is 0 Å². The maximum atomic E-state index is 12.8. The van der Waals surface area contributed by atoms with Gasteiger partial charge in [0.05, 0.1) is 11.1 Å². The molecule has 1 fully saturated rings. The number of hydrogen-bond donors (Lipinski definition) is 2. The summed E-state index contributed by atoms with van der Waals surface area (Å²) in [4.78, 5) is 0. The lowest BCUT2D eigenvalue weighted by atomic mass is 10.0. The Kier molecular flexibility index (Phi) is 5.25. The third-order valence-electron chi connectivity index (χ3n) is 3.96. The Morgan fingerprint density at radius 1 is 1.04 bits per heavy atom. The van der Waals surface area contributed by atoms with Crippen molar-refractivity contribution in [3.8, 4) is 0 Å². The number of halogens is 6. The van der Waals surface area contributed by atoms with Gasteiger partial charge in [-0.05, 0) is 36.6 Å². The summed E-state index contributed by atoms with van der Waals surface area (Å²) in [5.41, 5.74) is -2.58. The van der Waals surface area contributed by atoms with E-state index in [1.807, 2.05) is 6.92 Å². The lowest BCUT2D eigenvalue weighted by molar-refractivity contribution is -0.143. The minimum atomic E-state index is -4.81. The van der Waals surface area contributed by atoms with Crippen LogP contribution in [0.4, 0.5) is 26.3 Å². The molecule has 0 aromatic heterocycles. The second-order valence-corrected chi connectivity index (χ2v) is 5.74. The summed E-state index contributed by atoms with van der Waals surface area (Å²) in [6.07, 6.45) is -7.88. The maximum absolute atomic E-state index is 12.8. The van der Waals surface area contributed by atoms with E-state index in [0.717, 1.165) is 25.0 Å². The molecule has 23 heavy (non-hydrogen) atoms. The third-order valence-corrected chi connectivity index (χ3v) is 3.96. The predicted octanol–water partition coefficient (Wildman–Crippen LogP) is 3.95. The summed E-state index contributed by atoms with van der Waals surface area (Å²) in [6, 6.07) is 2.06. The van der Waals surface area contributed by atoms with Gasteiger partial charge in [0.1, 0.15) is 0 Å². The Morgan fingerprint density at radius 2 is 1.61 bits per heavy atom. The normalized spacial score (nSPS) is 22.6. The molecule has 0 radical (unpaired) electrons. The largest absolute Gasteiger partial charge is 0.416 e. The van der Waals surface area contributed by atoms with Gasteiger partial charge in [0.2, 0.25) is 0 Å². The van der Waals surface area contributed by atoms with Crippen LogP contribution in [0.25, 0.3) is 0 Å². The Hall–Kier alpha value is -1.28. The highest BCUT2D eigenvalue weighted by atomic mass is 19.4. The van der Waals surface area contributed by atoms with Gasteiger partial charge < -0.3 is 10.6 Å². The molecule has 1 aliphatic heterocycles. The first-order valence-electron chi connectivity index (χ1n) is 7.34.